The lowest BCUT2D eigenvalue weighted by Gasteiger charge is -2.01. The molecule has 18 heavy (non-hydrogen) atoms. The highest BCUT2D eigenvalue weighted by molar-refractivity contribution is 7.99. The smallest absolute Gasteiger partial charge is 0.238 e. The summed E-state index contributed by atoms with van der Waals surface area (Å²) in [6.07, 6.45) is 3.54. The molecule has 3 heterocycles. The summed E-state index contributed by atoms with van der Waals surface area (Å²) < 4.78 is 1.89. The second-order valence-electron chi connectivity index (χ2n) is 3.38. The van der Waals surface area contributed by atoms with Gasteiger partial charge in [0.2, 0.25) is 11.1 Å². The maximum Gasteiger partial charge on any atom is 0.238 e. The van der Waals surface area contributed by atoms with Crippen molar-refractivity contribution in [3.8, 4) is 0 Å². The molecule has 90 valence electrons. The topological polar surface area (TPSA) is 94.0 Å². The minimum absolute atomic E-state index is 0.369. The third-order valence-electron chi connectivity index (χ3n) is 2.24. The van der Waals surface area contributed by atoms with E-state index in [-0.39, 0.29) is 0 Å². The summed E-state index contributed by atoms with van der Waals surface area (Å²) in [5, 5.41) is 9.67. The van der Waals surface area contributed by atoms with E-state index in [1.165, 1.54) is 11.8 Å². The lowest BCUT2D eigenvalue weighted by Crippen LogP contribution is -2.10. The molecule has 0 aliphatic carbocycles. The van der Waals surface area contributed by atoms with E-state index in [0.717, 1.165) is 15.8 Å². The zero-order chi connectivity index (χ0) is 12.4. The van der Waals surface area contributed by atoms with Crippen LogP contribution < -0.4 is 11.3 Å². The second-order valence-corrected chi connectivity index (χ2v) is 4.36. The number of rotatable bonds is 3. The Morgan fingerprint density at radius 1 is 1.22 bits per heavy atom. The molecular formula is C10H9N7S. The molecule has 3 aromatic heterocycles. The fraction of sp³-hybridized carbons (Fsp3) is 0. The predicted octanol–water partition coefficient (Wildman–Crippen LogP) is 0.956. The highest BCUT2D eigenvalue weighted by Crippen LogP contribution is 2.24. The molecule has 0 saturated heterocycles. The standard InChI is InChI=1S/C10H9N7S/c11-14-9-12-5-4-8(13-9)18-10-16-15-7-3-1-2-6-17(7)10/h1-6H,11H2,(H,12,13,14). The highest BCUT2D eigenvalue weighted by atomic mass is 32.2. The van der Waals surface area contributed by atoms with Crippen molar-refractivity contribution in [1.29, 1.82) is 0 Å². The molecule has 0 radical (unpaired) electrons. The minimum atomic E-state index is 0.369. The quantitative estimate of drug-likeness (QED) is 0.411. The van der Waals surface area contributed by atoms with Gasteiger partial charge in [0, 0.05) is 12.4 Å². The molecule has 0 fully saturated rings. The average Bonchev–Trinajstić information content (AvgIpc) is 2.83. The van der Waals surface area contributed by atoms with Gasteiger partial charge in [-0.2, -0.15) is 0 Å². The van der Waals surface area contributed by atoms with Crippen LogP contribution in [0, 0.1) is 0 Å². The van der Waals surface area contributed by atoms with Crippen molar-refractivity contribution in [2.45, 2.75) is 10.2 Å². The summed E-state index contributed by atoms with van der Waals surface area (Å²) in [6, 6.07) is 7.52. The van der Waals surface area contributed by atoms with Crippen molar-refractivity contribution in [3.63, 3.8) is 0 Å². The van der Waals surface area contributed by atoms with Crippen molar-refractivity contribution < 1.29 is 0 Å². The minimum Gasteiger partial charge on any atom is -0.292 e. The van der Waals surface area contributed by atoms with E-state index in [9.17, 15) is 0 Å². The third-order valence-corrected chi connectivity index (χ3v) is 3.13. The summed E-state index contributed by atoms with van der Waals surface area (Å²) in [7, 11) is 0. The van der Waals surface area contributed by atoms with E-state index in [0.29, 0.717) is 5.95 Å². The first-order valence-corrected chi connectivity index (χ1v) is 5.96. The lowest BCUT2D eigenvalue weighted by atomic mass is 10.5. The SMILES string of the molecule is NNc1nccc(Sc2nnc3ccccn23)n1. The number of fused-ring (bicyclic) bond motifs is 1. The Bertz CT molecular complexity index is 681. The van der Waals surface area contributed by atoms with E-state index in [1.807, 2.05) is 28.8 Å². The lowest BCUT2D eigenvalue weighted by molar-refractivity contribution is 0.914. The van der Waals surface area contributed by atoms with Crippen LogP contribution in [0.25, 0.3) is 5.65 Å². The summed E-state index contributed by atoms with van der Waals surface area (Å²) in [6.45, 7) is 0. The molecule has 7 nitrogen and oxygen atoms in total. The van der Waals surface area contributed by atoms with Gasteiger partial charge in [-0.15, -0.1) is 10.2 Å². The number of nitrogens with two attached hydrogens (primary N) is 1. The van der Waals surface area contributed by atoms with Crippen LogP contribution >= 0.6 is 11.8 Å². The normalized spacial score (nSPS) is 10.7. The van der Waals surface area contributed by atoms with Crippen molar-refractivity contribution in [1.82, 2.24) is 24.6 Å². The molecule has 3 aromatic rings. The number of nitrogens with zero attached hydrogens (tertiary/aromatic N) is 5. The van der Waals surface area contributed by atoms with Gasteiger partial charge in [0.25, 0.3) is 0 Å². The number of hydrazine groups is 1. The zero-order valence-corrected chi connectivity index (χ0v) is 10.0. The van der Waals surface area contributed by atoms with Gasteiger partial charge in [-0.05, 0) is 30.0 Å². The van der Waals surface area contributed by atoms with E-state index >= 15 is 0 Å². The Balaban J connectivity index is 1.96. The van der Waals surface area contributed by atoms with Gasteiger partial charge in [0.05, 0.1) is 0 Å². The van der Waals surface area contributed by atoms with E-state index in [2.05, 4.69) is 25.6 Å². The first-order chi connectivity index (χ1) is 8.86. The number of aromatic nitrogens is 5. The van der Waals surface area contributed by atoms with E-state index in [1.54, 1.807) is 12.3 Å². The van der Waals surface area contributed by atoms with Crippen LogP contribution in [0.5, 0.6) is 0 Å². The molecular weight excluding hydrogens is 250 g/mol. The number of hydrogen-bond acceptors (Lipinski definition) is 7. The number of pyridine rings is 1. The highest BCUT2D eigenvalue weighted by Gasteiger charge is 2.08. The van der Waals surface area contributed by atoms with Gasteiger partial charge in [-0.3, -0.25) is 9.83 Å². The van der Waals surface area contributed by atoms with Crippen LogP contribution in [0.4, 0.5) is 5.95 Å². The van der Waals surface area contributed by atoms with Gasteiger partial charge in [0.1, 0.15) is 5.03 Å². The van der Waals surface area contributed by atoms with Crippen LogP contribution in [0.2, 0.25) is 0 Å². The zero-order valence-electron chi connectivity index (χ0n) is 9.19. The fourth-order valence-corrected chi connectivity index (χ4v) is 2.23. The van der Waals surface area contributed by atoms with Crippen molar-refractivity contribution >= 4 is 23.4 Å². The van der Waals surface area contributed by atoms with Crippen molar-refractivity contribution in [3.05, 3.63) is 36.7 Å². The number of nitrogen functional groups attached to an aromatic ring is 1. The number of hydrogen-bond donors (Lipinski definition) is 2. The molecule has 0 saturated carbocycles. The van der Waals surface area contributed by atoms with Crippen LogP contribution in [-0.4, -0.2) is 24.6 Å². The summed E-state index contributed by atoms with van der Waals surface area (Å²) in [5.74, 6) is 5.63. The van der Waals surface area contributed by atoms with Crippen LogP contribution in [0.3, 0.4) is 0 Å². The maximum atomic E-state index is 5.27. The molecule has 3 N–H and O–H groups in total. The van der Waals surface area contributed by atoms with E-state index < -0.39 is 0 Å². The Hall–Kier alpha value is -2.19. The van der Waals surface area contributed by atoms with E-state index in [4.69, 9.17) is 5.84 Å². The summed E-state index contributed by atoms with van der Waals surface area (Å²) in [5.41, 5.74) is 3.20. The van der Waals surface area contributed by atoms with Gasteiger partial charge in [-0.1, -0.05) is 6.07 Å². The Labute approximate surface area is 106 Å². The molecule has 0 unspecified atom stereocenters. The van der Waals surface area contributed by atoms with Crippen LogP contribution in [0.15, 0.2) is 46.8 Å². The molecule has 8 heteroatoms. The van der Waals surface area contributed by atoms with Gasteiger partial charge < -0.3 is 0 Å². The van der Waals surface area contributed by atoms with Gasteiger partial charge in [-0.25, -0.2) is 15.8 Å². The second kappa shape index (κ2) is 4.59. The molecule has 0 aliphatic rings. The van der Waals surface area contributed by atoms with Crippen LogP contribution in [-0.2, 0) is 0 Å². The summed E-state index contributed by atoms with van der Waals surface area (Å²) >= 11 is 1.40. The Kier molecular flexibility index (Phi) is 2.79. The maximum absolute atomic E-state index is 5.27. The van der Waals surface area contributed by atoms with Crippen molar-refractivity contribution in [2.24, 2.45) is 5.84 Å². The molecule has 3 rings (SSSR count). The van der Waals surface area contributed by atoms with Gasteiger partial charge >= 0.3 is 0 Å². The predicted molar refractivity (Wildman–Crippen MR) is 67.0 cm³/mol. The molecule has 0 aliphatic heterocycles. The molecule has 0 bridgehead atoms. The Morgan fingerprint density at radius 2 is 2.17 bits per heavy atom. The average molecular weight is 259 g/mol. The number of anilines is 1. The first kappa shape index (κ1) is 10.9. The third kappa shape index (κ3) is 1.98. The molecule has 0 atom stereocenters. The molecule has 0 amide bonds. The van der Waals surface area contributed by atoms with Crippen LogP contribution in [0.1, 0.15) is 0 Å². The Morgan fingerprint density at radius 3 is 3.06 bits per heavy atom. The first-order valence-electron chi connectivity index (χ1n) is 5.14. The molecule has 0 aromatic carbocycles. The molecule has 0 spiro atoms. The van der Waals surface area contributed by atoms with Crippen molar-refractivity contribution in [2.75, 3.05) is 5.43 Å². The largest absolute Gasteiger partial charge is 0.292 e. The summed E-state index contributed by atoms with van der Waals surface area (Å²) in [4.78, 5) is 8.15. The van der Waals surface area contributed by atoms with Gasteiger partial charge in [0.15, 0.2) is 5.65 Å². The monoisotopic (exact) mass is 259 g/mol. The number of nitrogens with one attached hydrogen (secondary N) is 1. The fourth-order valence-electron chi connectivity index (χ4n) is 1.45.